The second-order valence-corrected chi connectivity index (χ2v) is 8.35. The number of carboxylic acid groups (broad SMARTS) is 1. The normalized spacial score (nSPS) is 15.0. The molecule has 11 heteroatoms. The van der Waals surface area contributed by atoms with E-state index in [0.29, 0.717) is 11.1 Å². The molecule has 5 atom stereocenters. The van der Waals surface area contributed by atoms with Crippen LogP contribution in [0.25, 0.3) is 0 Å². The molecule has 0 heterocycles. The van der Waals surface area contributed by atoms with Crippen LogP contribution in [0, 0.1) is 0 Å². The van der Waals surface area contributed by atoms with Crippen molar-refractivity contribution in [3.05, 3.63) is 71.8 Å². The van der Waals surface area contributed by atoms with E-state index in [9.17, 15) is 34.5 Å². The van der Waals surface area contributed by atoms with Crippen LogP contribution in [0.4, 0.5) is 0 Å². The highest BCUT2D eigenvalue weighted by molar-refractivity contribution is 5.94. The molecular weight excluding hydrogens is 468 g/mol. The molecule has 0 aliphatic heterocycles. The molecular formula is C25H32N4O7. The third-order valence-corrected chi connectivity index (χ3v) is 5.45. The van der Waals surface area contributed by atoms with Gasteiger partial charge in [0.1, 0.15) is 24.2 Å². The molecule has 2 aromatic rings. The Morgan fingerprint density at radius 1 is 0.750 bits per heavy atom. The molecule has 3 amide bonds. The van der Waals surface area contributed by atoms with Gasteiger partial charge in [-0.25, -0.2) is 4.79 Å². The zero-order chi connectivity index (χ0) is 26.7. The van der Waals surface area contributed by atoms with Gasteiger partial charge < -0.3 is 37.0 Å². The van der Waals surface area contributed by atoms with Crippen molar-refractivity contribution in [2.24, 2.45) is 5.73 Å². The quantitative estimate of drug-likeness (QED) is 0.177. The fourth-order valence-corrected chi connectivity index (χ4v) is 3.33. The van der Waals surface area contributed by atoms with Gasteiger partial charge in [0, 0.05) is 12.8 Å². The summed E-state index contributed by atoms with van der Waals surface area (Å²) in [6, 6.07) is 12.2. The number of carboxylic acids is 1. The summed E-state index contributed by atoms with van der Waals surface area (Å²) in [7, 11) is 0. The molecule has 0 spiro atoms. The Morgan fingerprint density at radius 3 is 1.61 bits per heavy atom. The Hall–Kier alpha value is -3.80. The summed E-state index contributed by atoms with van der Waals surface area (Å²) in [4.78, 5) is 49.9. The fourth-order valence-electron chi connectivity index (χ4n) is 3.33. The van der Waals surface area contributed by atoms with Crippen molar-refractivity contribution >= 4 is 23.7 Å². The Morgan fingerprint density at radius 2 is 1.17 bits per heavy atom. The number of aliphatic carboxylic acids is 1. The molecule has 0 radical (unpaired) electrons. The molecule has 2 aromatic carbocycles. The minimum atomic E-state index is -1.45. The molecule has 2 rings (SSSR count). The number of benzene rings is 2. The Kier molecular flexibility index (Phi) is 11.0. The lowest BCUT2D eigenvalue weighted by molar-refractivity contribution is -0.142. The highest BCUT2D eigenvalue weighted by Gasteiger charge is 2.31. The van der Waals surface area contributed by atoms with E-state index < -0.39 is 60.6 Å². The Labute approximate surface area is 208 Å². The summed E-state index contributed by atoms with van der Waals surface area (Å²) < 4.78 is 0. The molecule has 0 bridgehead atoms. The largest absolute Gasteiger partial charge is 0.480 e. The fraction of sp³-hybridized carbons (Fsp3) is 0.360. The van der Waals surface area contributed by atoms with E-state index in [1.54, 1.807) is 60.7 Å². The van der Waals surface area contributed by atoms with Crippen molar-refractivity contribution in [1.82, 2.24) is 16.0 Å². The number of carbonyl (C=O) groups is 4. The van der Waals surface area contributed by atoms with E-state index >= 15 is 0 Å². The number of carbonyl (C=O) groups excluding carboxylic acids is 3. The first-order chi connectivity index (χ1) is 17.1. The predicted molar refractivity (Wildman–Crippen MR) is 130 cm³/mol. The first kappa shape index (κ1) is 28.4. The lowest BCUT2D eigenvalue weighted by Crippen LogP contribution is -2.59. The summed E-state index contributed by atoms with van der Waals surface area (Å²) in [5.41, 5.74) is 6.95. The lowest BCUT2D eigenvalue weighted by atomic mass is 10.0. The molecule has 0 fully saturated rings. The van der Waals surface area contributed by atoms with E-state index in [4.69, 9.17) is 5.73 Å². The summed E-state index contributed by atoms with van der Waals surface area (Å²) in [5, 5.41) is 35.9. The van der Waals surface area contributed by atoms with Crippen LogP contribution in [0.2, 0.25) is 0 Å². The maximum Gasteiger partial charge on any atom is 0.326 e. The van der Waals surface area contributed by atoms with Gasteiger partial charge in [-0.1, -0.05) is 60.7 Å². The standard InChI is InChI=1S/C25H32N4O7/c1-15(31)21(26)24(34)29-20(14-30)23(33)27-18(12-16-8-4-2-5-9-16)22(32)28-19(25(35)36)13-17-10-6-3-7-11-17/h2-11,15,18-21,30-31H,12-14,26H2,1H3,(H,27,33)(H,28,32)(H,29,34)(H,35,36). The number of aliphatic hydroxyl groups excluding tert-OH is 2. The smallest absolute Gasteiger partial charge is 0.326 e. The number of hydrogen-bond acceptors (Lipinski definition) is 7. The maximum absolute atomic E-state index is 13.1. The summed E-state index contributed by atoms with van der Waals surface area (Å²) in [6.45, 7) is 0.502. The second-order valence-electron chi connectivity index (χ2n) is 8.35. The van der Waals surface area contributed by atoms with E-state index in [0.717, 1.165) is 0 Å². The van der Waals surface area contributed by atoms with Crippen molar-refractivity contribution in [1.29, 1.82) is 0 Å². The first-order valence-corrected chi connectivity index (χ1v) is 11.4. The summed E-state index contributed by atoms with van der Waals surface area (Å²) >= 11 is 0. The van der Waals surface area contributed by atoms with E-state index in [1.807, 2.05) is 0 Å². The second kappa shape index (κ2) is 13.9. The molecule has 0 saturated carbocycles. The number of hydrogen-bond donors (Lipinski definition) is 7. The number of amides is 3. The van der Waals surface area contributed by atoms with Gasteiger partial charge in [-0.2, -0.15) is 0 Å². The lowest BCUT2D eigenvalue weighted by Gasteiger charge is -2.25. The van der Waals surface area contributed by atoms with Gasteiger partial charge >= 0.3 is 5.97 Å². The van der Waals surface area contributed by atoms with Gasteiger partial charge in [-0.3, -0.25) is 14.4 Å². The Balaban J connectivity index is 2.19. The zero-order valence-corrected chi connectivity index (χ0v) is 19.8. The third kappa shape index (κ3) is 8.77. The molecule has 0 aliphatic rings. The van der Waals surface area contributed by atoms with Crippen LogP contribution in [0.1, 0.15) is 18.1 Å². The van der Waals surface area contributed by atoms with E-state index in [2.05, 4.69) is 16.0 Å². The van der Waals surface area contributed by atoms with Crippen molar-refractivity contribution < 1.29 is 34.5 Å². The Bertz CT molecular complexity index is 1020. The first-order valence-electron chi connectivity index (χ1n) is 11.4. The van der Waals surface area contributed by atoms with Crippen LogP contribution in [0.3, 0.4) is 0 Å². The minimum absolute atomic E-state index is 0.0232. The molecule has 194 valence electrons. The topological polar surface area (TPSA) is 191 Å². The average Bonchev–Trinajstić information content (AvgIpc) is 2.86. The van der Waals surface area contributed by atoms with Gasteiger partial charge in [0.05, 0.1) is 12.7 Å². The summed E-state index contributed by atoms with van der Waals surface area (Å²) in [6.07, 6.45) is -1.14. The van der Waals surface area contributed by atoms with Crippen molar-refractivity contribution in [3.63, 3.8) is 0 Å². The highest BCUT2D eigenvalue weighted by Crippen LogP contribution is 2.07. The minimum Gasteiger partial charge on any atom is -0.480 e. The van der Waals surface area contributed by atoms with Crippen molar-refractivity contribution in [2.75, 3.05) is 6.61 Å². The average molecular weight is 501 g/mol. The van der Waals surface area contributed by atoms with Crippen LogP contribution >= 0.6 is 0 Å². The van der Waals surface area contributed by atoms with E-state index in [-0.39, 0.29) is 12.8 Å². The molecule has 0 aliphatic carbocycles. The predicted octanol–water partition coefficient (Wildman–Crippen LogP) is -1.29. The molecule has 0 saturated heterocycles. The van der Waals surface area contributed by atoms with Gasteiger partial charge in [0.15, 0.2) is 0 Å². The van der Waals surface area contributed by atoms with Crippen LogP contribution in [-0.2, 0) is 32.0 Å². The third-order valence-electron chi connectivity index (χ3n) is 5.45. The van der Waals surface area contributed by atoms with Gasteiger partial charge in [0.2, 0.25) is 17.7 Å². The number of aliphatic hydroxyl groups is 2. The number of nitrogens with one attached hydrogen (secondary N) is 3. The molecule has 5 unspecified atom stereocenters. The summed E-state index contributed by atoms with van der Waals surface area (Å²) in [5.74, 6) is -3.74. The highest BCUT2D eigenvalue weighted by atomic mass is 16.4. The maximum atomic E-state index is 13.1. The van der Waals surface area contributed by atoms with Crippen LogP contribution in [0.5, 0.6) is 0 Å². The van der Waals surface area contributed by atoms with Crippen molar-refractivity contribution in [3.8, 4) is 0 Å². The number of nitrogens with two attached hydrogens (primary N) is 1. The van der Waals surface area contributed by atoms with Crippen LogP contribution in [-0.4, -0.2) is 75.9 Å². The monoisotopic (exact) mass is 500 g/mol. The zero-order valence-electron chi connectivity index (χ0n) is 19.8. The molecule has 0 aromatic heterocycles. The van der Waals surface area contributed by atoms with Crippen LogP contribution < -0.4 is 21.7 Å². The molecule has 11 nitrogen and oxygen atoms in total. The number of rotatable bonds is 13. The van der Waals surface area contributed by atoms with E-state index in [1.165, 1.54) is 6.92 Å². The molecule has 36 heavy (non-hydrogen) atoms. The van der Waals surface area contributed by atoms with Crippen LogP contribution in [0.15, 0.2) is 60.7 Å². The van der Waals surface area contributed by atoms with Gasteiger partial charge in [-0.15, -0.1) is 0 Å². The molecule has 8 N–H and O–H groups in total. The van der Waals surface area contributed by atoms with Gasteiger partial charge in [0.25, 0.3) is 0 Å². The van der Waals surface area contributed by atoms with Crippen molar-refractivity contribution in [2.45, 2.75) is 50.0 Å². The van der Waals surface area contributed by atoms with Gasteiger partial charge in [-0.05, 0) is 18.1 Å². The SMILES string of the molecule is CC(O)C(N)C(=O)NC(CO)C(=O)NC(Cc1ccccc1)C(=O)NC(Cc1ccccc1)C(=O)O.